The molecule has 0 aromatic heterocycles. The van der Waals surface area contributed by atoms with Gasteiger partial charge >= 0.3 is 6.09 Å². The number of nitrogens with two attached hydrogens (primary N) is 1. The van der Waals surface area contributed by atoms with Crippen LogP contribution in [-0.2, 0) is 9.53 Å². The number of nitrogens with one attached hydrogen (secondary N) is 1. The van der Waals surface area contributed by atoms with Gasteiger partial charge in [-0.2, -0.15) is 0 Å². The maximum Gasteiger partial charge on any atom is 0.408 e. The lowest BCUT2D eigenvalue weighted by Crippen LogP contribution is -2.89. The monoisotopic (exact) mass is 248 g/mol. The van der Waals surface area contributed by atoms with E-state index in [9.17, 15) is 14.7 Å². The summed E-state index contributed by atoms with van der Waals surface area (Å²) in [4.78, 5) is 22.0. The van der Waals surface area contributed by atoms with Crippen molar-refractivity contribution in [3.63, 3.8) is 0 Å². The van der Waals surface area contributed by atoms with Gasteiger partial charge in [0, 0.05) is 0 Å². The highest BCUT2D eigenvalue weighted by Crippen LogP contribution is 2.06. The fourth-order valence-corrected chi connectivity index (χ4v) is 1.04. The SMILES string of the molecule is CC(C)(C)OC(=O)N[C@H](C[NH2+]CCO)C(=O)[O-]. The average molecular weight is 248 g/mol. The van der Waals surface area contributed by atoms with E-state index in [2.05, 4.69) is 5.32 Å². The molecule has 0 rings (SSSR count). The summed E-state index contributed by atoms with van der Waals surface area (Å²) < 4.78 is 4.92. The Morgan fingerprint density at radius 2 is 2.06 bits per heavy atom. The van der Waals surface area contributed by atoms with Crippen molar-refractivity contribution >= 4 is 12.1 Å². The second-order valence-electron chi connectivity index (χ2n) is 4.55. The molecule has 0 saturated heterocycles. The summed E-state index contributed by atoms with van der Waals surface area (Å²) in [7, 11) is 0. The first kappa shape index (κ1) is 15.7. The summed E-state index contributed by atoms with van der Waals surface area (Å²) in [6, 6.07) is -1.14. The number of alkyl carbamates (subject to hydrolysis) is 1. The zero-order valence-corrected chi connectivity index (χ0v) is 10.4. The highest BCUT2D eigenvalue weighted by molar-refractivity contribution is 5.78. The summed E-state index contributed by atoms with van der Waals surface area (Å²) in [5, 5.41) is 23.0. The molecule has 1 atom stereocenters. The van der Waals surface area contributed by atoms with Gasteiger partial charge in [0.25, 0.3) is 0 Å². The largest absolute Gasteiger partial charge is 0.548 e. The molecule has 0 bridgehead atoms. The average Bonchev–Trinajstić information content (AvgIpc) is 2.13. The van der Waals surface area contributed by atoms with Gasteiger partial charge in [0.15, 0.2) is 0 Å². The van der Waals surface area contributed by atoms with Crippen molar-refractivity contribution in [1.29, 1.82) is 0 Å². The maximum atomic E-state index is 11.3. The molecular formula is C10H20N2O5. The van der Waals surface area contributed by atoms with Crippen LogP contribution in [0.4, 0.5) is 4.79 Å². The second kappa shape index (κ2) is 7.08. The van der Waals surface area contributed by atoms with Gasteiger partial charge < -0.3 is 30.4 Å². The lowest BCUT2D eigenvalue weighted by atomic mass is 10.2. The van der Waals surface area contributed by atoms with Crippen LogP contribution in [0.5, 0.6) is 0 Å². The third-order valence-corrected chi connectivity index (χ3v) is 1.71. The van der Waals surface area contributed by atoms with E-state index in [4.69, 9.17) is 9.84 Å². The number of carboxylic acids is 1. The minimum atomic E-state index is -1.38. The second-order valence-corrected chi connectivity index (χ2v) is 4.55. The molecule has 7 nitrogen and oxygen atoms in total. The number of carbonyl (C=O) groups excluding carboxylic acids is 2. The number of aliphatic carboxylic acids is 1. The van der Waals surface area contributed by atoms with Gasteiger partial charge in [-0.05, 0) is 20.8 Å². The Kier molecular flexibility index (Phi) is 6.52. The van der Waals surface area contributed by atoms with Gasteiger partial charge in [-0.3, -0.25) is 0 Å². The number of carboxylic acid groups (broad SMARTS) is 1. The van der Waals surface area contributed by atoms with Crippen LogP contribution in [0.2, 0.25) is 0 Å². The lowest BCUT2D eigenvalue weighted by molar-refractivity contribution is -0.657. The summed E-state index contributed by atoms with van der Waals surface area (Å²) in [6.07, 6.45) is -0.802. The van der Waals surface area contributed by atoms with Crippen LogP contribution in [0.25, 0.3) is 0 Å². The zero-order valence-electron chi connectivity index (χ0n) is 10.4. The van der Waals surface area contributed by atoms with Gasteiger partial charge in [0.1, 0.15) is 18.2 Å². The Labute approximate surface area is 100 Å². The van der Waals surface area contributed by atoms with Crippen LogP contribution in [-0.4, -0.2) is 48.5 Å². The molecule has 1 amide bonds. The number of amides is 1. The standard InChI is InChI=1S/C10H20N2O5/c1-10(2,3)17-9(16)12-7(8(14)15)6-11-4-5-13/h7,11,13H,4-6H2,1-3H3,(H,12,16)(H,14,15)/t7-/m1/s1. The molecule has 0 heterocycles. The lowest BCUT2D eigenvalue weighted by Gasteiger charge is -2.23. The Morgan fingerprint density at radius 3 is 2.47 bits per heavy atom. The number of aliphatic hydroxyl groups excluding tert-OH is 1. The Morgan fingerprint density at radius 1 is 1.47 bits per heavy atom. The van der Waals surface area contributed by atoms with Crippen molar-refractivity contribution in [2.45, 2.75) is 32.4 Å². The highest BCUT2D eigenvalue weighted by atomic mass is 16.6. The van der Waals surface area contributed by atoms with Gasteiger partial charge in [0.2, 0.25) is 0 Å². The smallest absolute Gasteiger partial charge is 0.408 e. The quantitative estimate of drug-likeness (QED) is 0.439. The van der Waals surface area contributed by atoms with Crippen LogP contribution in [0, 0.1) is 0 Å². The molecule has 0 unspecified atom stereocenters. The molecular weight excluding hydrogens is 228 g/mol. The summed E-state index contributed by atoms with van der Waals surface area (Å²) in [5.74, 6) is -1.38. The molecule has 0 aromatic rings. The summed E-state index contributed by atoms with van der Waals surface area (Å²) in [5.41, 5.74) is -0.685. The topological polar surface area (TPSA) is 115 Å². The summed E-state index contributed by atoms with van der Waals surface area (Å²) >= 11 is 0. The van der Waals surface area contributed by atoms with Gasteiger partial charge in [0.05, 0.1) is 19.1 Å². The molecule has 100 valence electrons. The van der Waals surface area contributed by atoms with Crippen molar-refractivity contribution in [2.24, 2.45) is 0 Å². The molecule has 17 heavy (non-hydrogen) atoms. The molecule has 0 aliphatic carbocycles. The molecule has 0 aliphatic rings. The van der Waals surface area contributed by atoms with Crippen LogP contribution in [0.15, 0.2) is 0 Å². The normalized spacial score (nSPS) is 12.9. The van der Waals surface area contributed by atoms with E-state index < -0.39 is 23.7 Å². The molecule has 0 aromatic carbocycles. The highest BCUT2D eigenvalue weighted by Gasteiger charge is 2.20. The molecule has 0 spiro atoms. The molecule has 0 aliphatic heterocycles. The van der Waals surface area contributed by atoms with Crippen molar-refractivity contribution in [2.75, 3.05) is 19.7 Å². The third kappa shape index (κ3) is 8.47. The van der Waals surface area contributed by atoms with Crippen molar-refractivity contribution in [3.05, 3.63) is 0 Å². The van der Waals surface area contributed by atoms with Gasteiger partial charge in [-0.1, -0.05) is 0 Å². The number of aliphatic hydroxyl groups is 1. The first-order valence-electron chi connectivity index (χ1n) is 5.39. The van der Waals surface area contributed by atoms with E-state index in [0.717, 1.165) is 0 Å². The Bertz CT molecular complexity index is 262. The van der Waals surface area contributed by atoms with Crippen LogP contribution >= 0.6 is 0 Å². The zero-order chi connectivity index (χ0) is 13.5. The van der Waals surface area contributed by atoms with E-state index in [0.29, 0.717) is 6.54 Å². The van der Waals surface area contributed by atoms with E-state index in [1.807, 2.05) is 0 Å². The Hall–Kier alpha value is -1.34. The molecule has 0 saturated carbocycles. The first-order chi connectivity index (χ1) is 7.76. The van der Waals surface area contributed by atoms with Crippen molar-refractivity contribution < 1.29 is 29.9 Å². The van der Waals surface area contributed by atoms with Gasteiger partial charge in [-0.25, -0.2) is 4.79 Å². The third-order valence-electron chi connectivity index (χ3n) is 1.71. The molecule has 7 heteroatoms. The van der Waals surface area contributed by atoms with Crippen LogP contribution < -0.4 is 15.7 Å². The number of hydrogen-bond donors (Lipinski definition) is 3. The van der Waals surface area contributed by atoms with E-state index in [1.54, 1.807) is 26.1 Å². The van der Waals surface area contributed by atoms with E-state index >= 15 is 0 Å². The number of carbonyl (C=O) groups is 2. The van der Waals surface area contributed by atoms with E-state index in [1.165, 1.54) is 0 Å². The minimum absolute atomic E-state index is 0.0633. The number of ether oxygens (including phenoxy) is 1. The van der Waals surface area contributed by atoms with Gasteiger partial charge in [-0.15, -0.1) is 0 Å². The maximum absolute atomic E-state index is 11.3. The van der Waals surface area contributed by atoms with E-state index in [-0.39, 0.29) is 13.2 Å². The molecule has 0 fully saturated rings. The molecule has 0 radical (unpaired) electrons. The fourth-order valence-electron chi connectivity index (χ4n) is 1.04. The van der Waals surface area contributed by atoms with Crippen LogP contribution in [0.3, 0.4) is 0 Å². The minimum Gasteiger partial charge on any atom is -0.548 e. The fraction of sp³-hybridized carbons (Fsp3) is 0.800. The number of hydrogen-bond acceptors (Lipinski definition) is 5. The number of quaternary nitrogens is 1. The molecule has 4 N–H and O–H groups in total. The van der Waals surface area contributed by atoms with Crippen LogP contribution in [0.1, 0.15) is 20.8 Å². The van der Waals surface area contributed by atoms with Crippen molar-refractivity contribution in [1.82, 2.24) is 5.32 Å². The first-order valence-corrected chi connectivity index (χ1v) is 5.39. The predicted octanol–water partition coefficient (Wildman–Crippen LogP) is -2.81. The van der Waals surface area contributed by atoms with Crippen molar-refractivity contribution in [3.8, 4) is 0 Å². The summed E-state index contributed by atoms with van der Waals surface area (Å²) in [6.45, 7) is 5.42. The Balaban J connectivity index is 4.16. The number of rotatable bonds is 6. The predicted molar refractivity (Wildman–Crippen MR) is 56.9 cm³/mol.